The molecular formula is C27H34N4O2S. The topological polar surface area (TPSA) is 74.3 Å². The Morgan fingerprint density at radius 3 is 2.76 bits per heavy atom. The van der Waals surface area contributed by atoms with E-state index in [9.17, 15) is 9.59 Å². The van der Waals surface area contributed by atoms with E-state index in [2.05, 4.69) is 40.7 Å². The highest BCUT2D eigenvalue weighted by Crippen LogP contribution is 2.31. The fourth-order valence-electron chi connectivity index (χ4n) is 4.45. The Hall–Kier alpha value is -2.77. The number of anilines is 1. The van der Waals surface area contributed by atoms with Crippen LogP contribution < -0.4 is 10.6 Å². The summed E-state index contributed by atoms with van der Waals surface area (Å²) in [7, 11) is 0. The molecule has 1 aliphatic rings. The van der Waals surface area contributed by atoms with E-state index in [0.717, 1.165) is 54.1 Å². The first-order valence-corrected chi connectivity index (χ1v) is 13.0. The molecule has 2 amide bonds. The second kappa shape index (κ2) is 11.1. The van der Waals surface area contributed by atoms with Crippen LogP contribution in [0.25, 0.3) is 20.8 Å². The Bertz CT molecular complexity index is 1140. The summed E-state index contributed by atoms with van der Waals surface area (Å²) in [4.78, 5) is 31.7. The van der Waals surface area contributed by atoms with Crippen LogP contribution in [0.4, 0.5) is 5.69 Å². The largest absolute Gasteiger partial charge is 0.356 e. The number of aryl methyl sites for hydroxylation is 1. The molecule has 0 spiro atoms. The monoisotopic (exact) mass is 478 g/mol. The second-order valence-corrected chi connectivity index (χ2v) is 10.3. The van der Waals surface area contributed by atoms with Crippen molar-refractivity contribution in [2.75, 3.05) is 25.0 Å². The Balaban J connectivity index is 1.33. The fourth-order valence-corrected chi connectivity index (χ4v) is 5.52. The lowest BCUT2D eigenvalue weighted by Crippen LogP contribution is -2.48. The third kappa shape index (κ3) is 6.02. The molecule has 2 N–H and O–H groups in total. The molecule has 1 fully saturated rings. The number of hydrogen-bond donors (Lipinski definition) is 2. The first-order valence-electron chi connectivity index (χ1n) is 12.2. The average molecular weight is 479 g/mol. The summed E-state index contributed by atoms with van der Waals surface area (Å²) in [6, 6.07) is 14.0. The van der Waals surface area contributed by atoms with Crippen LogP contribution in [0.5, 0.6) is 0 Å². The van der Waals surface area contributed by atoms with Crippen molar-refractivity contribution in [3.63, 3.8) is 0 Å². The standard InChI is InChI=1S/C27H34N4O2S/c1-4-6-25(32)28-16-20-7-5-14-31(17-20)19(3)26(33)29-22-11-9-21(10-12-22)27-30-23-13-8-18(2)15-24(23)34-27/h8-13,15,19-20H,4-7,14,16-17H2,1-3H3,(H,28,32)(H,29,33). The molecule has 2 unspecified atom stereocenters. The van der Waals surface area contributed by atoms with E-state index >= 15 is 0 Å². The number of hydrogen-bond acceptors (Lipinski definition) is 5. The van der Waals surface area contributed by atoms with Gasteiger partial charge in [-0.05, 0) is 87.5 Å². The number of carbonyl (C=O) groups excluding carboxylic acids is 2. The number of aromatic nitrogens is 1. The maximum absolute atomic E-state index is 12.9. The molecule has 0 bridgehead atoms. The summed E-state index contributed by atoms with van der Waals surface area (Å²) in [5.74, 6) is 0.510. The lowest BCUT2D eigenvalue weighted by molar-refractivity contribution is -0.123. The SMILES string of the molecule is CCCC(=O)NCC1CCCN(C(C)C(=O)Nc2ccc(-c3nc4ccc(C)cc4s3)cc2)C1. The Labute approximate surface area is 205 Å². The van der Waals surface area contributed by atoms with E-state index in [1.165, 1.54) is 10.3 Å². The molecule has 0 aliphatic carbocycles. The van der Waals surface area contributed by atoms with Gasteiger partial charge in [-0.25, -0.2) is 4.98 Å². The van der Waals surface area contributed by atoms with Crippen molar-refractivity contribution in [2.45, 2.75) is 52.5 Å². The molecule has 2 aromatic carbocycles. The molecule has 7 heteroatoms. The number of piperidine rings is 1. The van der Waals surface area contributed by atoms with Gasteiger partial charge in [0.2, 0.25) is 11.8 Å². The molecule has 0 radical (unpaired) electrons. The zero-order valence-electron chi connectivity index (χ0n) is 20.3. The van der Waals surface area contributed by atoms with Crippen LogP contribution in [-0.4, -0.2) is 47.4 Å². The number of thiazole rings is 1. The van der Waals surface area contributed by atoms with Crippen LogP contribution in [0.15, 0.2) is 42.5 Å². The fraction of sp³-hybridized carbons (Fsp3) is 0.444. The molecule has 4 rings (SSSR count). The van der Waals surface area contributed by atoms with Crippen molar-refractivity contribution in [3.8, 4) is 10.6 Å². The number of nitrogens with one attached hydrogen (secondary N) is 2. The minimum absolute atomic E-state index is 0.00104. The average Bonchev–Trinajstić information content (AvgIpc) is 3.26. The van der Waals surface area contributed by atoms with Gasteiger partial charge < -0.3 is 10.6 Å². The highest BCUT2D eigenvalue weighted by Gasteiger charge is 2.27. The van der Waals surface area contributed by atoms with Gasteiger partial charge in [0, 0.05) is 30.8 Å². The third-order valence-electron chi connectivity index (χ3n) is 6.49. The third-order valence-corrected chi connectivity index (χ3v) is 7.55. The molecule has 1 aromatic heterocycles. The number of carbonyl (C=O) groups is 2. The van der Waals surface area contributed by atoms with Crippen molar-refractivity contribution in [1.82, 2.24) is 15.2 Å². The number of likely N-dealkylation sites (tertiary alicyclic amines) is 1. The zero-order valence-corrected chi connectivity index (χ0v) is 21.1. The quantitative estimate of drug-likeness (QED) is 0.465. The normalized spacial score (nSPS) is 17.4. The molecule has 6 nitrogen and oxygen atoms in total. The van der Waals surface area contributed by atoms with Crippen LogP contribution >= 0.6 is 11.3 Å². The Morgan fingerprint density at radius 1 is 1.21 bits per heavy atom. The van der Waals surface area contributed by atoms with Gasteiger partial charge >= 0.3 is 0 Å². The smallest absolute Gasteiger partial charge is 0.241 e. The number of nitrogens with zero attached hydrogens (tertiary/aromatic N) is 2. The van der Waals surface area contributed by atoms with E-state index in [4.69, 9.17) is 4.98 Å². The summed E-state index contributed by atoms with van der Waals surface area (Å²) in [5, 5.41) is 7.09. The van der Waals surface area contributed by atoms with Crippen LogP contribution in [0.1, 0.15) is 45.1 Å². The zero-order chi connectivity index (χ0) is 24.1. The van der Waals surface area contributed by atoms with E-state index in [1.54, 1.807) is 11.3 Å². The lowest BCUT2D eigenvalue weighted by Gasteiger charge is -2.36. The predicted octanol–water partition coefficient (Wildman–Crippen LogP) is 5.23. The van der Waals surface area contributed by atoms with Crippen LogP contribution in [-0.2, 0) is 9.59 Å². The lowest BCUT2D eigenvalue weighted by atomic mass is 9.96. The van der Waals surface area contributed by atoms with Gasteiger partial charge in [-0.15, -0.1) is 11.3 Å². The molecule has 0 saturated carbocycles. The van der Waals surface area contributed by atoms with Crippen LogP contribution in [0.2, 0.25) is 0 Å². The van der Waals surface area contributed by atoms with Gasteiger partial charge in [0.25, 0.3) is 0 Å². The molecule has 1 saturated heterocycles. The van der Waals surface area contributed by atoms with Gasteiger partial charge in [0.1, 0.15) is 5.01 Å². The first kappa shape index (κ1) is 24.4. The summed E-state index contributed by atoms with van der Waals surface area (Å²) in [5.41, 5.74) is 4.09. The maximum atomic E-state index is 12.9. The summed E-state index contributed by atoms with van der Waals surface area (Å²) < 4.78 is 1.19. The molecule has 1 aliphatic heterocycles. The molecule has 2 atom stereocenters. The van der Waals surface area contributed by atoms with Gasteiger partial charge in [-0.3, -0.25) is 14.5 Å². The number of benzene rings is 2. The molecule has 2 heterocycles. The van der Waals surface area contributed by atoms with Gasteiger partial charge in [0.15, 0.2) is 0 Å². The van der Waals surface area contributed by atoms with Crippen molar-refractivity contribution in [3.05, 3.63) is 48.0 Å². The van der Waals surface area contributed by atoms with E-state index in [-0.39, 0.29) is 17.9 Å². The summed E-state index contributed by atoms with van der Waals surface area (Å²) in [6.07, 6.45) is 3.57. The molecule has 180 valence electrons. The number of amides is 2. The number of fused-ring (bicyclic) bond motifs is 1. The first-order chi connectivity index (χ1) is 16.4. The van der Waals surface area contributed by atoms with Crippen molar-refractivity contribution < 1.29 is 9.59 Å². The Kier molecular flexibility index (Phi) is 7.95. The van der Waals surface area contributed by atoms with Crippen molar-refractivity contribution in [1.29, 1.82) is 0 Å². The van der Waals surface area contributed by atoms with Crippen molar-refractivity contribution >= 4 is 39.1 Å². The van der Waals surface area contributed by atoms with Crippen LogP contribution in [0.3, 0.4) is 0 Å². The summed E-state index contributed by atoms with van der Waals surface area (Å²) in [6.45, 7) is 8.49. The molecular weight excluding hydrogens is 444 g/mol. The highest BCUT2D eigenvalue weighted by atomic mass is 32.1. The maximum Gasteiger partial charge on any atom is 0.241 e. The second-order valence-electron chi connectivity index (χ2n) is 9.29. The van der Waals surface area contributed by atoms with E-state index in [1.807, 2.05) is 38.1 Å². The van der Waals surface area contributed by atoms with Gasteiger partial charge in [-0.2, -0.15) is 0 Å². The van der Waals surface area contributed by atoms with Gasteiger partial charge in [-0.1, -0.05) is 13.0 Å². The van der Waals surface area contributed by atoms with Crippen molar-refractivity contribution in [2.24, 2.45) is 5.92 Å². The number of rotatable bonds is 8. The van der Waals surface area contributed by atoms with Crippen LogP contribution in [0, 0.1) is 12.8 Å². The Morgan fingerprint density at radius 2 is 2.00 bits per heavy atom. The minimum Gasteiger partial charge on any atom is -0.356 e. The summed E-state index contributed by atoms with van der Waals surface area (Å²) >= 11 is 1.69. The molecule has 34 heavy (non-hydrogen) atoms. The predicted molar refractivity (Wildman–Crippen MR) is 140 cm³/mol. The highest BCUT2D eigenvalue weighted by molar-refractivity contribution is 7.21. The minimum atomic E-state index is -0.221. The van der Waals surface area contributed by atoms with Gasteiger partial charge in [0.05, 0.1) is 16.3 Å². The van der Waals surface area contributed by atoms with E-state index in [0.29, 0.717) is 18.9 Å². The molecule has 3 aromatic rings. The van der Waals surface area contributed by atoms with E-state index < -0.39 is 0 Å².